The average Bonchev–Trinajstić information content (AvgIpc) is 3.41. The van der Waals surface area contributed by atoms with Gasteiger partial charge in [-0.3, -0.25) is 10.1 Å². The van der Waals surface area contributed by atoms with Gasteiger partial charge in [-0.25, -0.2) is 9.78 Å². The predicted octanol–water partition coefficient (Wildman–Crippen LogP) is 6.03. The van der Waals surface area contributed by atoms with Crippen molar-refractivity contribution in [1.82, 2.24) is 14.9 Å². The summed E-state index contributed by atoms with van der Waals surface area (Å²) in [6.07, 6.45) is 10.8. The summed E-state index contributed by atoms with van der Waals surface area (Å²) < 4.78 is 10.2. The van der Waals surface area contributed by atoms with Gasteiger partial charge in [0.15, 0.2) is 0 Å². The van der Waals surface area contributed by atoms with Crippen molar-refractivity contribution in [2.45, 2.75) is 46.1 Å². The SMILES string of the molecule is CC.CC/C=C\C=C(/COC)c1c[nH]c2ncc(-c3ccc(NC(=O)OC)c(C(=O)N4CCC(O)CC4)c3)cc12. The number of amides is 2. The van der Waals surface area contributed by atoms with Gasteiger partial charge in [-0.05, 0) is 48.6 Å². The van der Waals surface area contributed by atoms with Crippen LogP contribution in [0.4, 0.5) is 10.5 Å². The molecule has 1 aliphatic heterocycles. The summed E-state index contributed by atoms with van der Waals surface area (Å²) in [4.78, 5) is 35.0. The lowest BCUT2D eigenvalue weighted by Gasteiger charge is -2.30. The second-order valence-corrected chi connectivity index (χ2v) is 9.18. The number of aliphatic hydroxyl groups excluding tert-OH is 1. The Hall–Kier alpha value is -3.95. The zero-order valence-electron chi connectivity index (χ0n) is 24.0. The molecule has 1 aliphatic rings. The Bertz CT molecular complexity index is 1350. The smallest absolute Gasteiger partial charge is 0.411 e. The molecule has 3 N–H and O–H groups in total. The summed E-state index contributed by atoms with van der Waals surface area (Å²) in [7, 11) is 2.94. The van der Waals surface area contributed by atoms with Crippen molar-refractivity contribution in [2.24, 2.45) is 0 Å². The Morgan fingerprint density at radius 3 is 2.58 bits per heavy atom. The molecule has 3 aromatic rings. The standard InChI is InChI=1S/C29H34N4O5.C2H6/c1-4-5-6-7-20(18-37-2)25-17-31-27-23(25)15-21(16-30-27)19-8-9-26(32-29(36)38-3)24(14-19)28(35)33-12-10-22(34)11-13-33;1-2/h5-9,14-17,22,34H,4,10-13,18H2,1-3H3,(H,30,31)(H,32,36);1-2H3/b6-5-,20-7+;. The Morgan fingerprint density at radius 2 is 1.90 bits per heavy atom. The van der Waals surface area contributed by atoms with Crippen LogP contribution in [0.25, 0.3) is 27.7 Å². The summed E-state index contributed by atoms with van der Waals surface area (Å²) in [6.45, 7) is 7.43. The van der Waals surface area contributed by atoms with Gasteiger partial charge >= 0.3 is 6.09 Å². The molecule has 1 saturated heterocycles. The second-order valence-electron chi connectivity index (χ2n) is 9.18. The van der Waals surface area contributed by atoms with E-state index in [9.17, 15) is 14.7 Å². The van der Waals surface area contributed by atoms with Crippen LogP contribution in [0.5, 0.6) is 0 Å². The number of carbonyl (C=O) groups is 2. The van der Waals surface area contributed by atoms with Gasteiger partial charge in [0.25, 0.3) is 5.91 Å². The molecule has 1 fully saturated rings. The molecule has 40 heavy (non-hydrogen) atoms. The highest BCUT2D eigenvalue weighted by Gasteiger charge is 2.25. The number of likely N-dealkylation sites (tertiary alicyclic amines) is 1. The fourth-order valence-corrected chi connectivity index (χ4v) is 4.53. The molecular weight excluding hydrogens is 508 g/mol. The van der Waals surface area contributed by atoms with Crippen molar-refractivity contribution in [1.29, 1.82) is 0 Å². The lowest BCUT2D eigenvalue weighted by atomic mass is 9.99. The van der Waals surface area contributed by atoms with Crippen LogP contribution in [-0.2, 0) is 9.47 Å². The number of methoxy groups -OCH3 is 2. The van der Waals surface area contributed by atoms with Crippen LogP contribution in [0, 0.1) is 0 Å². The van der Waals surface area contributed by atoms with Crippen LogP contribution < -0.4 is 5.32 Å². The first-order valence-corrected chi connectivity index (χ1v) is 13.7. The molecule has 0 bridgehead atoms. The third kappa shape index (κ3) is 7.37. The van der Waals surface area contributed by atoms with E-state index in [1.54, 1.807) is 30.3 Å². The lowest BCUT2D eigenvalue weighted by Crippen LogP contribution is -2.40. The molecule has 0 radical (unpaired) electrons. The summed E-state index contributed by atoms with van der Waals surface area (Å²) in [5.74, 6) is -0.213. The highest BCUT2D eigenvalue weighted by Crippen LogP contribution is 2.31. The van der Waals surface area contributed by atoms with Crippen molar-refractivity contribution in [3.63, 3.8) is 0 Å². The number of rotatable bonds is 8. The number of piperidine rings is 1. The minimum Gasteiger partial charge on any atom is -0.453 e. The van der Waals surface area contributed by atoms with E-state index in [0.29, 0.717) is 43.8 Å². The van der Waals surface area contributed by atoms with E-state index >= 15 is 0 Å². The largest absolute Gasteiger partial charge is 0.453 e. The monoisotopic (exact) mass is 548 g/mol. The first-order valence-electron chi connectivity index (χ1n) is 13.7. The first-order chi connectivity index (χ1) is 19.4. The highest BCUT2D eigenvalue weighted by molar-refractivity contribution is 6.04. The number of anilines is 1. The minimum atomic E-state index is -0.657. The zero-order valence-corrected chi connectivity index (χ0v) is 24.0. The minimum absolute atomic E-state index is 0.213. The number of hydrogen-bond acceptors (Lipinski definition) is 6. The van der Waals surface area contributed by atoms with Crippen LogP contribution in [0.15, 0.2) is 54.9 Å². The third-order valence-corrected chi connectivity index (χ3v) is 6.60. The van der Waals surface area contributed by atoms with Crippen molar-refractivity contribution < 1.29 is 24.2 Å². The van der Waals surface area contributed by atoms with Gasteiger partial charge in [-0.15, -0.1) is 0 Å². The fourth-order valence-electron chi connectivity index (χ4n) is 4.53. The molecule has 2 aromatic heterocycles. The summed E-state index contributed by atoms with van der Waals surface area (Å²) >= 11 is 0. The Morgan fingerprint density at radius 1 is 1.15 bits per heavy atom. The molecule has 0 aliphatic carbocycles. The number of nitrogens with zero attached hydrogens (tertiary/aromatic N) is 2. The number of fused-ring (bicyclic) bond motifs is 1. The molecule has 0 saturated carbocycles. The number of aliphatic hydroxyl groups is 1. The van der Waals surface area contributed by atoms with Crippen LogP contribution in [0.1, 0.15) is 56.0 Å². The third-order valence-electron chi connectivity index (χ3n) is 6.60. The number of hydrogen-bond donors (Lipinski definition) is 3. The van der Waals surface area contributed by atoms with E-state index < -0.39 is 12.2 Å². The maximum atomic E-state index is 13.5. The van der Waals surface area contributed by atoms with Gasteiger partial charge in [0, 0.05) is 49.1 Å². The van der Waals surface area contributed by atoms with Crippen molar-refractivity contribution in [2.75, 3.05) is 39.2 Å². The average molecular weight is 549 g/mol. The van der Waals surface area contributed by atoms with Crippen LogP contribution in [0.2, 0.25) is 0 Å². The Balaban J connectivity index is 0.00000216. The van der Waals surface area contributed by atoms with Crippen LogP contribution in [-0.4, -0.2) is 72.0 Å². The zero-order chi connectivity index (χ0) is 29.1. The number of pyridine rings is 1. The highest BCUT2D eigenvalue weighted by atomic mass is 16.5. The predicted molar refractivity (Wildman–Crippen MR) is 159 cm³/mol. The van der Waals surface area contributed by atoms with E-state index in [1.807, 2.05) is 44.3 Å². The molecule has 1 aromatic carbocycles. The van der Waals surface area contributed by atoms with Crippen LogP contribution >= 0.6 is 0 Å². The summed E-state index contributed by atoms with van der Waals surface area (Å²) in [5.41, 5.74) is 5.08. The summed E-state index contributed by atoms with van der Waals surface area (Å²) in [6, 6.07) is 7.35. The van der Waals surface area contributed by atoms with E-state index in [2.05, 4.69) is 28.3 Å². The normalized spacial score (nSPS) is 14.2. The molecule has 2 amide bonds. The van der Waals surface area contributed by atoms with Gasteiger partial charge in [0.1, 0.15) is 5.65 Å². The van der Waals surface area contributed by atoms with E-state index in [0.717, 1.165) is 39.7 Å². The number of carbonyl (C=O) groups excluding carboxylic acids is 2. The number of benzene rings is 1. The first kappa shape index (κ1) is 30.6. The Labute approximate surface area is 235 Å². The van der Waals surface area contributed by atoms with Gasteiger partial charge in [-0.2, -0.15) is 0 Å². The number of aromatic amines is 1. The molecule has 4 rings (SSSR count). The molecule has 9 nitrogen and oxygen atoms in total. The molecule has 3 heterocycles. The van der Waals surface area contributed by atoms with Crippen molar-refractivity contribution in [3.05, 3.63) is 66.0 Å². The van der Waals surface area contributed by atoms with Crippen molar-refractivity contribution in [3.8, 4) is 11.1 Å². The fraction of sp³-hybridized carbons (Fsp3) is 0.387. The quantitative estimate of drug-likeness (QED) is 0.296. The van der Waals surface area contributed by atoms with Gasteiger partial charge < -0.3 is 24.5 Å². The molecule has 0 unspecified atom stereocenters. The number of nitrogens with one attached hydrogen (secondary N) is 2. The Kier molecular flexibility index (Phi) is 11.5. The molecular formula is C31H40N4O5. The van der Waals surface area contributed by atoms with E-state index in [-0.39, 0.29) is 5.91 Å². The number of aromatic nitrogens is 2. The molecule has 0 spiro atoms. The molecule has 214 valence electrons. The maximum absolute atomic E-state index is 13.5. The van der Waals surface area contributed by atoms with Crippen molar-refractivity contribution >= 4 is 34.3 Å². The maximum Gasteiger partial charge on any atom is 0.411 e. The van der Waals surface area contributed by atoms with Crippen LogP contribution in [0.3, 0.4) is 0 Å². The second kappa shape index (κ2) is 15.0. The number of ether oxygens (including phenoxy) is 2. The van der Waals surface area contributed by atoms with Gasteiger partial charge in [-0.1, -0.05) is 45.1 Å². The van der Waals surface area contributed by atoms with E-state index in [4.69, 9.17) is 9.47 Å². The number of allylic oxidation sites excluding steroid dienone is 3. The molecule has 9 heteroatoms. The summed E-state index contributed by atoms with van der Waals surface area (Å²) in [5, 5.41) is 13.4. The lowest BCUT2D eigenvalue weighted by molar-refractivity contribution is 0.0547. The number of H-pyrrole nitrogens is 1. The van der Waals surface area contributed by atoms with Gasteiger partial charge in [0.2, 0.25) is 0 Å². The topological polar surface area (TPSA) is 117 Å². The van der Waals surface area contributed by atoms with E-state index in [1.165, 1.54) is 7.11 Å². The van der Waals surface area contributed by atoms with Gasteiger partial charge in [0.05, 0.1) is 31.1 Å². The molecule has 0 atom stereocenters.